The predicted molar refractivity (Wildman–Crippen MR) is 158 cm³/mol. The number of anilines is 1. The third-order valence-corrected chi connectivity index (χ3v) is 8.00. The summed E-state index contributed by atoms with van der Waals surface area (Å²) in [6.07, 6.45) is 1.76. The average molecular weight is 557 g/mol. The number of aryl methyl sites for hydroxylation is 1. The average Bonchev–Trinajstić information content (AvgIpc) is 3.00. The van der Waals surface area contributed by atoms with E-state index in [1.165, 1.54) is 16.4 Å². The number of carbonyl (C=O) groups is 1. The number of para-hydroxylation sites is 2. The zero-order chi connectivity index (χ0) is 27.9. The van der Waals surface area contributed by atoms with Crippen molar-refractivity contribution in [2.75, 3.05) is 44.8 Å². The molecule has 5 rings (SSSR count). The molecule has 0 radical (unpaired) electrons. The molecule has 1 saturated heterocycles. The molecular weight excluding hydrogens is 524 g/mol. The molecule has 2 heterocycles. The second-order valence-electron chi connectivity index (χ2n) is 9.47. The largest absolute Gasteiger partial charge is 0.497 e. The van der Waals surface area contributed by atoms with E-state index < -0.39 is 0 Å². The minimum atomic E-state index is -0.165. The highest BCUT2D eigenvalue weighted by atomic mass is 32.2. The molecule has 1 aliphatic rings. The van der Waals surface area contributed by atoms with E-state index in [1.54, 1.807) is 13.3 Å². The number of hydrogen-bond acceptors (Lipinski definition) is 7. The predicted octanol–water partition coefficient (Wildman–Crippen LogP) is 4.57. The summed E-state index contributed by atoms with van der Waals surface area (Å²) in [5.74, 6) is 2.06. The number of thioether (sulfide) groups is 1. The lowest BCUT2D eigenvalue weighted by atomic mass is 10.2. The van der Waals surface area contributed by atoms with E-state index in [-0.39, 0.29) is 18.1 Å². The van der Waals surface area contributed by atoms with Crippen LogP contribution in [-0.2, 0) is 10.5 Å². The molecule has 0 unspecified atom stereocenters. The highest BCUT2D eigenvalue weighted by molar-refractivity contribution is 7.98. The van der Waals surface area contributed by atoms with E-state index in [4.69, 9.17) is 9.47 Å². The van der Waals surface area contributed by atoms with Crippen molar-refractivity contribution in [3.05, 3.63) is 107 Å². The smallest absolute Gasteiger partial charge is 0.287 e. The molecule has 9 heteroatoms. The monoisotopic (exact) mass is 556 g/mol. The first-order valence-corrected chi connectivity index (χ1v) is 14.2. The molecule has 1 aromatic heterocycles. The molecule has 0 N–H and O–H groups in total. The van der Waals surface area contributed by atoms with Gasteiger partial charge in [-0.25, -0.2) is 0 Å². The van der Waals surface area contributed by atoms with Crippen molar-refractivity contribution in [2.45, 2.75) is 17.6 Å². The van der Waals surface area contributed by atoms with E-state index in [1.807, 2.05) is 90.7 Å². The Morgan fingerprint density at radius 2 is 1.70 bits per heavy atom. The number of aromatic nitrogens is 2. The number of carbonyl (C=O) groups excluding carboxylic acids is 1. The summed E-state index contributed by atoms with van der Waals surface area (Å²) in [5.41, 5.74) is 3.39. The molecule has 40 heavy (non-hydrogen) atoms. The molecule has 8 nitrogen and oxygen atoms in total. The van der Waals surface area contributed by atoms with Gasteiger partial charge in [-0.15, -0.1) is 11.8 Å². The normalized spacial score (nSPS) is 13.2. The molecule has 3 aromatic carbocycles. The standard InChI is InChI=1S/C31H32N4O4S/c1-23-9-6-7-14-28(23)39-21-29(36)34-17-15-33(16-18-34)27-20-32-35(25-11-4-3-5-12-25)31(37)30(27)40-22-24-10-8-13-26(19-24)38-2/h3-14,19-20H,15-18,21-22H2,1-2H3. The molecule has 4 aromatic rings. The van der Waals surface area contributed by atoms with Gasteiger partial charge >= 0.3 is 0 Å². The number of rotatable bonds is 9. The fourth-order valence-corrected chi connectivity index (χ4v) is 5.64. The van der Waals surface area contributed by atoms with Crippen LogP contribution in [0.1, 0.15) is 11.1 Å². The molecule has 1 aliphatic heterocycles. The van der Waals surface area contributed by atoms with Crippen LogP contribution in [-0.4, -0.2) is 60.5 Å². The first kappa shape index (κ1) is 27.3. The maximum atomic E-state index is 13.7. The number of piperazine rings is 1. The van der Waals surface area contributed by atoms with Crippen molar-refractivity contribution in [2.24, 2.45) is 0 Å². The Balaban J connectivity index is 1.32. The van der Waals surface area contributed by atoms with E-state index in [0.29, 0.717) is 42.5 Å². The van der Waals surface area contributed by atoms with Crippen LogP contribution >= 0.6 is 11.8 Å². The van der Waals surface area contributed by atoms with E-state index >= 15 is 0 Å². The molecule has 1 amide bonds. The summed E-state index contributed by atoms with van der Waals surface area (Å²) in [7, 11) is 1.64. The fraction of sp³-hybridized carbons (Fsp3) is 0.258. The second kappa shape index (κ2) is 12.7. The molecule has 0 spiro atoms. The van der Waals surface area contributed by atoms with Crippen LogP contribution in [0.5, 0.6) is 11.5 Å². The van der Waals surface area contributed by atoms with Crippen LogP contribution in [0.3, 0.4) is 0 Å². The lowest BCUT2D eigenvalue weighted by Crippen LogP contribution is -2.50. The van der Waals surface area contributed by atoms with Crippen molar-refractivity contribution in [3.8, 4) is 17.2 Å². The van der Waals surface area contributed by atoms with E-state index in [2.05, 4.69) is 10.00 Å². The summed E-state index contributed by atoms with van der Waals surface area (Å²) < 4.78 is 12.6. The van der Waals surface area contributed by atoms with Gasteiger partial charge in [-0.3, -0.25) is 9.59 Å². The molecule has 0 saturated carbocycles. The van der Waals surface area contributed by atoms with Crippen LogP contribution in [0.15, 0.2) is 94.7 Å². The molecule has 0 bridgehead atoms. The van der Waals surface area contributed by atoms with Crippen LogP contribution in [0, 0.1) is 6.92 Å². The number of nitrogens with zero attached hydrogens (tertiary/aromatic N) is 4. The van der Waals surface area contributed by atoms with Gasteiger partial charge in [-0.1, -0.05) is 48.5 Å². The maximum Gasteiger partial charge on any atom is 0.287 e. The van der Waals surface area contributed by atoms with Crippen molar-refractivity contribution in [3.63, 3.8) is 0 Å². The lowest BCUT2D eigenvalue weighted by Gasteiger charge is -2.36. The number of hydrogen-bond donors (Lipinski definition) is 0. The SMILES string of the molecule is COc1cccc(CSc2c(N3CCN(C(=O)COc4ccccc4C)CC3)cnn(-c3ccccc3)c2=O)c1. The van der Waals surface area contributed by atoms with Gasteiger partial charge in [0.15, 0.2) is 6.61 Å². The maximum absolute atomic E-state index is 13.7. The molecule has 206 valence electrons. The lowest BCUT2D eigenvalue weighted by molar-refractivity contribution is -0.133. The highest BCUT2D eigenvalue weighted by Crippen LogP contribution is 2.31. The Labute approximate surface area is 238 Å². The fourth-order valence-electron chi connectivity index (χ4n) is 4.61. The quantitative estimate of drug-likeness (QED) is 0.280. The van der Waals surface area contributed by atoms with Gasteiger partial charge in [0.1, 0.15) is 16.4 Å². The second-order valence-corrected chi connectivity index (χ2v) is 10.5. The van der Waals surface area contributed by atoms with Crippen LogP contribution < -0.4 is 19.9 Å². The van der Waals surface area contributed by atoms with Gasteiger partial charge in [0.05, 0.1) is 24.7 Å². The summed E-state index contributed by atoms with van der Waals surface area (Å²) in [6.45, 7) is 4.23. The highest BCUT2D eigenvalue weighted by Gasteiger charge is 2.25. The zero-order valence-electron chi connectivity index (χ0n) is 22.7. The van der Waals surface area contributed by atoms with E-state index in [0.717, 1.165) is 28.3 Å². The van der Waals surface area contributed by atoms with Gasteiger partial charge in [-0.05, 0) is 48.4 Å². The molecule has 1 fully saturated rings. The summed E-state index contributed by atoms with van der Waals surface area (Å²) in [5, 5.41) is 4.52. The molecular formula is C31H32N4O4S. The third-order valence-electron chi connectivity index (χ3n) is 6.85. The summed E-state index contributed by atoms with van der Waals surface area (Å²) in [6, 6.07) is 25.0. The number of methoxy groups -OCH3 is 1. The number of benzene rings is 3. The number of amides is 1. The Bertz CT molecular complexity index is 1520. The van der Waals surface area contributed by atoms with Gasteiger partial charge in [-0.2, -0.15) is 9.78 Å². The van der Waals surface area contributed by atoms with Gasteiger partial charge in [0.2, 0.25) is 0 Å². The minimum Gasteiger partial charge on any atom is -0.497 e. The summed E-state index contributed by atoms with van der Waals surface area (Å²) >= 11 is 1.49. The topological polar surface area (TPSA) is 76.9 Å². The zero-order valence-corrected chi connectivity index (χ0v) is 23.5. The van der Waals surface area contributed by atoms with Crippen LogP contribution in [0.2, 0.25) is 0 Å². The van der Waals surface area contributed by atoms with Gasteiger partial charge in [0, 0.05) is 31.9 Å². The van der Waals surface area contributed by atoms with Crippen molar-refractivity contribution >= 4 is 23.4 Å². The Hall–Kier alpha value is -4.24. The number of ether oxygens (including phenoxy) is 2. The van der Waals surface area contributed by atoms with Crippen LogP contribution in [0.4, 0.5) is 5.69 Å². The van der Waals surface area contributed by atoms with Crippen molar-refractivity contribution in [1.29, 1.82) is 0 Å². The first-order chi connectivity index (χ1) is 19.5. The summed E-state index contributed by atoms with van der Waals surface area (Å²) in [4.78, 5) is 31.2. The third kappa shape index (κ3) is 6.31. The first-order valence-electron chi connectivity index (χ1n) is 13.2. The van der Waals surface area contributed by atoms with E-state index in [9.17, 15) is 9.59 Å². The Morgan fingerprint density at radius 3 is 2.45 bits per heavy atom. The van der Waals surface area contributed by atoms with Crippen molar-refractivity contribution < 1.29 is 14.3 Å². The van der Waals surface area contributed by atoms with Gasteiger partial charge in [0.25, 0.3) is 11.5 Å². The molecule has 0 aliphatic carbocycles. The molecule has 0 atom stereocenters. The Morgan fingerprint density at radius 1 is 0.950 bits per heavy atom. The van der Waals surface area contributed by atoms with Crippen LogP contribution in [0.25, 0.3) is 5.69 Å². The van der Waals surface area contributed by atoms with Crippen molar-refractivity contribution in [1.82, 2.24) is 14.7 Å². The minimum absolute atomic E-state index is 0.00116. The Kier molecular flexibility index (Phi) is 8.71. The van der Waals surface area contributed by atoms with Gasteiger partial charge < -0.3 is 19.3 Å².